The van der Waals surface area contributed by atoms with Crippen LogP contribution in [0, 0.1) is 0 Å². The average Bonchev–Trinajstić information content (AvgIpc) is 3.11. The molecule has 0 saturated heterocycles. The van der Waals surface area contributed by atoms with Gasteiger partial charge in [-0.15, -0.1) is 10.2 Å². The minimum atomic E-state index is -0.230. The van der Waals surface area contributed by atoms with E-state index in [0.717, 1.165) is 12.8 Å². The van der Waals surface area contributed by atoms with Gasteiger partial charge in [0.05, 0.1) is 12.8 Å². The van der Waals surface area contributed by atoms with Gasteiger partial charge in [-0.2, -0.15) is 0 Å². The zero-order valence-corrected chi connectivity index (χ0v) is 12.2. The second-order valence-corrected chi connectivity index (χ2v) is 5.40. The summed E-state index contributed by atoms with van der Waals surface area (Å²) < 4.78 is 10.8. The number of nitrogens with zero attached hydrogens (tertiary/aromatic N) is 3. The molecule has 7 nitrogen and oxygen atoms in total. The van der Waals surface area contributed by atoms with Gasteiger partial charge >= 0.3 is 0 Å². The summed E-state index contributed by atoms with van der Waals surface area (Å²) in [6, 6.07) is 6.89. The maximum Gasteiger partial charge on any atom is 0.251 e. The van der Waals surface area contributed by atoms with Gasteiger partial charge in [0, 0.05) is 17.7 Å². The number of hydrogen-bond acceptors (Lipinski definition) is 6. The van der Waals surface area contributed by atoms with Crippen LogP contribution in [0.15, 0.2) is 45.6 Å². The Morgan fingerprint density at radius 2 is 2.22 bits per heavy atom. The van der Waals surface area contributed by atoms with Crippen LogP contribution in [0.25, 0.3) is 11.5 Å². The van der Waals surface area contributed by atoms with Crippen molar-refractivity contribution in [2.45, 2.75) is 25.3 Å². The third-order valence-electron chi connectivity index (χ3n) is 3.60. The van der Waals surface area contributed by atoms with Crippen molar-refractivity contribution < 1.29 is 13.6 Å². The number of hydrogen-bond donors (Lipinski definition) is 1. The number of nitrogens with one attached hydrogen (secondary N) is 1. The molecule has 0 radical (unpaired) electrons. The molecule has 1 aliphatic carbocycles. The largest absolute Gasteiger partial charge is 0.463 e. The molecule has 1 fully saturated rings. The van der Waals surface area contributed by atoms with Gasteiger partial charge in [-0.3, -0.25) is 9.78 Å². The first-order valence-corrected chi connectivity index (χ1v) is 7.40. The number of pyridine rings is 1. The van der Waals surface area contributed by atoms with E-state index in [0.29, 0.717) is 34.7 Å². The monoisotopic (exact) mass is 310 g/mol. The zero-order valence-electron chi connectivity index (χ0n) is 12.2. The Hall–Kier alpha value is -2.96. The normalized spacial score (nSPS) is 13.9. The minimum Gasteiger partial charge on any atom is -0.463 e. The summed E-state index contributed by atoms with van der Waals surface area (Å²) in [4.78, 5) is 16.4. The molecule has 0 spiro atoms. The lowest BCUT2D eigenvalue weighted by Crippen LogP contribution is -2.23. The summed E-state index contributed by atoms with van der Waals surface area (Å²) in [6.45, 7) is 0.205. The average molecular weight is 310 g/mol. The van der Waals surface area contributed by atoms with Crippen LogP contribution >= 0.6 is 0 Å². The summed E-state index contributed by atoms with van der Waals surface area (Å²) in [6.07, 6.45) is 5.34. The van der Waals surface area contributed by atoms with Crippen LogP contribution in [0.3, 0.4) is 0 Å². The molecule has 23 heavy (non-hydrogen) atoms. The smallest absolute Gasteiger partial charge is 0.251 e. The zero-order chi connectivity index (χ0) is 15.6. The lowest BCUT2D eigenvalue weighted by molar-refractivity contribution is 0.0947. The van der Waals surface area contributed by atoms with E-state index < -0.39 is 0 Å². The molecule has 0 atom stereocenters. The van der Waals surface area contributed by atoms with Crippen molar-refractivity contribution in [1.82, 2.24) is 20.5 Å². The molecular formula is C16H14N4O3. The second-order valence-electron chi connectivity index (χ2n) is 5.40. The quantitative estimate of drug-likeness (QED) is 0.778. The van der Waals surface area contributed by atoms with E-state index in [-0.39, 0.29) is 12.5 Å². The second kappa shape index (κ2) is 5.68. The highest BCUT2D eigenvalue weighted by Crippen LogP contribution is 2.38. The van der Waals surface area contributed by atoms with Crippen LogP contribution in [-0.4, -0.2) is 21.1 Å². The third-order valence-corrected chi connectivity index (χ3v) is 3.60. The molecule has 3 aromatic rings. The molecule has 3 aromatic heterocycles. The summed E-state index contributed by atoms with van der Waals surface area (Å²) >= 11 is 0. The van der Waals surface area contributed by atoms with Gasteiger partial charge in [0.2, 0.25) is 11.8 Å². The highest BCUT2D eigenvalue weighted by atomic mass is 16.4. The van der Waals surface area contributed by atoms with E-state index in [1.807, 2.05) is 0 Å². The third kappa shape index (κ3) is 2.98. The SMILES string of the molecule is O=C(NCc1nnc(C2CC2)o1)c1ccnc(-c2ccco2)c1. The van der Waals surface area contributed by atoms with Crippen LogP contribution in [0.4, 0.5) is 0 Å². The van der Waals surface area contributed by atoms with Crippen molar-refractivity contribution in [3.63, 3.8) is 0 Å². The molecule has 1 amide bonds. The number of aromatic nitrogens is 3. The summed E-state index contributed by atoms with van der Waals surface area (Å²) in [5, 5.41) is 10.7. The van der Waals surface area contributed by atoms with E-state index in [1.54, 1.807) is 36.7 Å². The van der Waals surface area contributed by atoms with Crippen molar-refractivity contribution in [1.29, 1.82) is 0 Å². The Kier molecular flexibility index (Phi) is 3.38. The predicted octanol–water partition coefficient (Wildman–Crippen LogP) is 2.53. The van der Waals surface area contributed by atoms with Crippen molar-refractivity contribution in [2.24, 2.45) is 0 Å². The molecule has 0 aliphatic heterocycles. The van der Waals surface area contributed by atoms with Crippen molar-refractivity contribution in [3.05, 3.63) is 54.1 Å². The van der Waals surface area contributed by atoms with Crippen molar-refractivity contribution in [2.75, 3.05) is 0 Å². The number of furan rings is 1. The highest BCUT2D eigenvalue weighted by Gasteiger charge is 2.29. The molecule has 0 bridgehead atoms. The first-order valence-electron chi connectivity index (χ1n) is 7.40. The molecule has 0 unspecified atom stereocenters. The Bertz CT molecular complexity index is 821. The van der Waals surface area contributed by atoms with Crippen LogP contribution in [0.5, 0.6) is 0 Å². The van der Waals surface area contributed by atoms with Crippen molar-refractivity contribution in [3.8, 4) is 11.5 Å². The molecule has 7 heteroatoms. The van der Waals surface area contributed by atoms with Gasteiger partial charge in [-0.25, -0.2) is 0 Å². The molecule has 1 aliphatic rings. The van der Waals surface area contributed by atoms with E-state index in [2.05, 4.69) is 20.5 Å². The Morgan fingerprint density at radius 1 is 1.30 bits per heavy atom. The molecule has 4 rings (SSSR count). The Balaban J connectivity index is 1.43. The summed E-state index contributed by atoms with van der Waals surface area (Å²) in [5.74, 6) is 1.87. The first kappa shape index (κ1) is 13.7. The van der Waals surface area contributed by atoms with E-state index >= 15 is 0 Å². The fourth-order valence-electron chi connectivity index (χ4n) is 2.22. The molecule has 116 valence electrons. The Morgan fingerprint density at radius 3 is 3.00 bits per heavy atom. The van der Waals surface area contributed by atoms with Crippen LogP contribution in [0.1, 0.15) is 40.9 Å². The van der Waals surface area contributed by atoms with E-state index in [4.69, 9.17) is 8.83 Å². The topological polar surface area (TPSA) is 94.1 Å². The van der Waals surface area contributed by atoms with Crippen molar-refractivity contribution >= 4 is 5.91 Å². The molecule has 1 N–H and O–H groups in total. The Labute approximate surface area is 131 Å². The lowest BCUT2D eigenvalue weighted by Gasteiger charge is -2.03. The molecule has 0 aromatic carbocycles. The first-order chi connectivity index (χ1) is 11.3. The number of carbonyl (C=O) groups excluding carboxylic acids is 1. The number of carbonyl (C=O) groups is 1. The molecule has 1 saturated carbocycles. The standard InChI is InChI=1S/C16H14N4O3/c21-15(18-9-14-19-20-16(23-14)10-3-4-10)11-5-6-17-12(8-11)13-2-1-7-22-13/h1-2,5-8,10H,3-4,9H2,(H,18,21). The summed E-state index contributed by atoms with van der Waals surface area (Å²) in [5.41, 5.74) is 1.10. The van der Waals surface area contributed by atoms with Gasteiger partial charge in [0.25, 0.3) is 5.91 Å². The minimum absolute atomic E-state index is 0.205. The van der Waals surface area contributed by atoms with Crippen LogP contribution in [0.2, 0.25) is 0 Å². The van der Waals surface area contributed by atoms with E-state index in [1.165, 1.54) is 0 Å². The molecule has 3 heterocycles. The van der Waals surface area contributed by atoms with Gasteiger partial charge in [-0.05, 0) is 37.1 Å². The van der Waals surface area contributed by atoms with Gasteiger partial charge in [-0.1, -0.05) is 0 Å². The van der Waals surface area contributed by atoms with Crippen LogP contribution in [-0.2, 0) is 6.54 Å². The number of amides is 1. The summed E-state index contributed by atoms with van der Waals surface area (Å²) in [7, 11) is 0. The number of rotatable bonds is 5. The highest BCUT2D eigenvalue weighted by molar-refractivity contribution is 5.94. The fraction of sp³-hybridized carbons (Fsp3) is 0.250. The maximum absolute atomic E-state index is 12.2. The van der Waals surface area contributed by atoms with Gasteiger partial charge in [0.15, 0.2) is 5.76 Å². The lowest BCUT2D eigenvalue weighted by atomic mass is 10.2. The van der Waals surface area contributed by atoms with E-state index in [9.17, 15) is 4.79 Å². The van der Waals surface area contributed by atoms with Gasteiger partial charge in [0.1, 0.15) is 5.69 Å². The molecular weight excluding hydrogens is 296 g/mol. The fourth-order valence-corrected chi connectivity index (χ4v) is 2.22. The predicted molar refractivity (Wildman–Crippen MR) is 79.4 cm³/mol. The maximum atomic E-state index is 12.2. The van der Waals surface area contributed by atoms with Crippen LogP contribution < -0.4 is 5.32 Å². The van der Waals surface area contributed by atoms with Gasteiger partial charge < -0.3 is 14.2 Å².